The first-order valence-electron chi connectivity index (χ1n) is 8.74. The summed E-state index contributed by atoms with van der Waals surface area (Å²) >= 11 is 0. The van der Waals surface area contributed by atoms with Crippen LogP contribution in [-0.4, -0.2) is 25.2 Å². The first-order valence-corrected chi connectivity index (χ1v) is 16.4. The van der Waals surface area contributed by atoms with Gasteiger partial charge in [-0.25, -0.2) is 0 Å². The third kappa shape index (κ3) is 7.06. The molecule has 8 heteroatoms. The summed E-state index contributed by atoms with van der Waals surface area (Å²) in [5, 5.41) is 0.712. The molecule has 0 fully saturated rings. The van der Waals surface area contributed by atoms with E-state index < -0.39 is 25.2 Å². The fourth-order valence-corrected chi connectivity index (χ4v) is 12.8. The molecule has 0 N–H and O–H groups in total. The first kappa shape index (κ1) is 29.1. The zero-order chi connectivity index (χ0) is 19.0. The fraction of sp³-hybridized carbons (Fsp3) is 0.667. The molecule has 0 aliphatic heterocycles. The molecule has 0 bridgehead atoms. The van der Waals surface area contributed by atoms with Crippen LogP contribution < -0.4 is 42.9 Å². The van der Waals surface area contributed by atoms with Crippen molar-refractivity contribution in [2.24, 2.45) is 0 Å². The second kappa shape index (κ2) is 9.61. The van der Waals surface area contributed by atoms with E-state index in [1.165, 1.54) is 0 Å². The fourth-order valence-electron chi connectivity index (χ4n) is 1.88. The van der Waals surface area contributed by atoms with Crippen molar-refractivity contribution in [1.82, 2.24) is 0 Å². The maximum atomic E-state index is 16.5. The molecular weight excluding hydrogens is 361 g/mol. The Morgan fingerprint density at radius 3 is 1.27 bits per heavy atom. The minimum atomic E-state index is -3.74. The summed E-state index contributed by atoms with van der Waals surface area (Å²) in [5.41, 5.74) is 0. The Kier molecular flexibility index (Phi) is 10.8. The van der Waals surface area contributed by atoms with Crippen molar-refractivity contribution >= 4 is 30.4 Å². The Morgan fingerprint density at radius 2 is 1.00 bits per heavy atom. The van der Waals surface area contributed by atoms with E-state index in [0.717, 1.165) is 0 Å². The smallest absolute Gasteiger partial charge is 0.651 e. The van der Waals surface area contributed by atoms with Crippen LogP contribution >= 0.6 is 0 Å². The number of hydrogen-bond donors (Lipinski definition) is 0. The van der Waals surface area contributed by atoms with Crippen molar-refractivity contribution < 1.29 is 41.8 Å². The van der Waals surface area contributed by atoms with E-state index in [2.05, 4.69) is 67.7 Å². The van der Waals surface area contributed by atoms with Gasteiger partial charge in [0.2, 0.25) is 0 Å². The first-order chi connectivity index (χ1) is 10.5. The summed E-state index contributed by atoms with van der Waals surface area (Å²) in [6.45, 7) is 21.7. The van der Waals surface area contributed by atoms with Crippen LogP contribution in [0.3, 0.4) is 0 Å². The van der Waals surface area contributed by atoms with Gasteiger partial charge in [0.15, 0.2) is 0 Å². The number of halogens is 1. The second-order valence-electron chi connectivity index (χ2n) is 9.79. The standard InChI is InChI=1S/C18H35FN2Si3.2Li/c1-17(2,3)22(7,8)20-24(19,16-14-12-11-13-15-16)21-23(9,10)18(4,5)6;;/h11-15H,1-10H3;;/q-2;2*+1. The number of rotatable bonds is 5. The molecule has 0 radical (unpaired) electrons. The Morgan fingerprint density at radius 1 is 0.692 bits per heavy atom. The summed E-state index contributed by atoms with van der Waals surface area (Å²) in [6, 6.07) is 9.48. The number of hydrogen-bond acceptors (Lipinski definition) is 0. The van der Waals surface area contributed by atoms with Crippen molar-refractivity contribution in [1.29, 1.82) is 0 Å². The van der Waals surface area contributed by atoms with Gasteiger partial charge in [-0.2, -0.15) is 0 Å². The Hall–Kier alpha value is 0.915. The summed E-state index contributed by atoms with van der Waals surface area (Å²) in [6.07, 6.45) is 0. The van der Waals surface area contributed by atoms with Gasteiger partial charge in [-0.05, 0) is 0 Å². The molecule has 1 aromatic rings. The molecule has 0 atom stereocenters. The van der Waals surface area contributed by atoms with Crippen molar-refractivity contribution in [3.8, 4) is 0 Å². The van der Waals surface area contributed by atoms with Gasteiger partial charge in [0.05, 0.1) is 8.73 Å². The minimum absolute atomic E-state index is 0. The van der Waals surface area contributed by atoms with Crippen LogP contribution in [0.15, 0.2) is 30.3 Å². The molecule has 2 nitrogen and oxygen atoms in total. The largest absolute Gasteiger partial charge is 1.00 e. The molecule has 0 aliphatic carbocycles. The normalized spacial score (nSPS) is 13.7. The Labute approximate surface area is 188 Å². The number of nitrogens with zero attached hydrogens (tertiary/aromatic N) is 2. The van der Waals surface area contributed by atoms with Crippen molar-refractivity contribution in [3.05, 3.63) is 39.6 Å². The minimum Gasteiger partial charge on any atom is -0.651 e. The van der Waals surface area contributed by atoms with E-state index >= 15 is 4.11 Å². The Bertz CT molecular complexity index is 528. The predicted molar refractivity (Wildman–Crippen MR) is 114 cm³/mol. The summed E-state index contributed by atoms with van der Waals surface area (Å²) < 4.78 is 26.4. The predicted octanol–water partition coefficient (Wildman–Crippen LogP) is 0.568. The average molecular weight is 397 g/mol. The maximum Gasteiger partial charge on any atom is 1.00 e. The molecule has 0 saturated carbocycles. The van der Waals surface area contributed by atoms with Crippen LogP contribution in [0.4, 0.5) is 4.11 Å². The molecule has 26 heavy (non-hydrogen) atoms. The SMILES string of the molecule is CC(C)(C)[Si](C)(C)[N-][Si](F)([N-][Si](C)(C)C(C)(C)C)c1ccccc1.[Li+].[Li+]. The molecule has 0 saturated heterocycles. The van der Waals surface area contributed by atoms with Gasteiger partial charge in [0, 0.05) is 0 Å². The van der Waals surface area contributed by atoms with Gasteiger partial charge >= 0.3 is 37.7 Å². The molecular formula is C18H35FLi2N2Si3. The topological polar surface area (TPSA) is 28.2 Å². The molecule has 1 aromatic carbocycles. The van der Waals surface area contributed by atoms with Crippen LogP contribution in [0, 0.1) is 0 Å². The third-order valence-electron chi connectivity index (χ3n) is 5.67. The van der Waals surface area contributed by atoms with E-state index in [1.807, 2.05) is 30.3 Å². The van der Waals surface area contributed by atoms with Crippen LogP contribution in [-0.2, 0) is 0 Å². The van der Waals surface area contributed by atoms with E-state index in [-0.39, 0.29) is 47.8 Å². The van der Waals surface area contributed by atoms with Crippen molar-refractivity contribution in [2.75, 3.05) is 0 Å². The molecule has 0 heterocycles. The molecule has 1 rings (SSSR count). The van der Waals surface area contributed by atoms with E-state index in [9.17, 15) is 0 Å². The van der Waals surface area contributed by atoms with Gasteiger partial charge in [-0.15, -0.1) is 0 Å². The summed E-state index contributed by atoms with van der Waals surface area (Å²) in [7, 11) is -8.03. The van der Waals surface area contributed by atoms with Gasteiger partial charge in [-0.1, -0.05) is 130 Å². The van der Waals surface area contributed by atoms with Crippen molar-refractivity contribution in [3.63, 3.8) is 0 Å². The van der Waals surface area contributed by atoms with Crippen LogP contribution in [0.5, 0.6) is 0 Å². The Balaban J connectivity index is 0. The van der Waals surface area contributed by atoms with Gasteiger partial charge in [0.25, 0.3) is 0 Å². The molecule has 0 unspecified atom stereocenters. The van der Waals surface area contributed by atoms with Crippen LogP contribution in [0.2, 0.25) is 36.3 Å². The molecule has 0 aromatic heterocycles. The zero-order valence-electron chi connectivity index (χ0n) is 19.2. The summed E-state index contributed by atoms with van der Waals surface area (Å²) in [5.74, 6) is 0. The molecule has 0 aliphatic rings. The number of benzene rings is 1. The zero-order valence-corrected chi connectivity index (χ0v) is 22.2. The van der Waals surface area contributed by atoms with Gasteiger partial charge in [-0.3, -0.25) is 0 Å². The quantitative estimate of drug-likeness (QED) is 0.514. The third-order valence-corrected chi connectivity index (χ3v) is 20.9. The van der Waals surface area contributed by atoms with E-state index in [1.54, 1.807) is 0 Å². The van der Waals surface area contributed by atoms with E-state index in [4.69, 9.17) is 9.30 Å². The molecule has 0 amide bonds. The molecule has 0 spiro atoms. The molecule has 138 valence electrons. The summed E-state index contributed by atoms with van der Waals surface area (Å²) in [4.78, 5) is 0. The second-order valence-corrected chi connectivity index (χ2v) is 22.6. The van der Waals surface area contributed by atoms with Crippen LogP contribution in [0.25, 0.3) is 9.30 Å². The monoisotopic (exact) mass is 396 g/mol. The van der Waals surface area contributed by atoms with Crippen LogP contribution in [0.1, 0.15) is 41.5 Å². The average Bonchev–Trinajstić information content (AvgIpc) is 2.35. The maximum absolute atomic E-state index is 16.5. The van der Waals surface area contributed by atoms with Gasteiger partial charge < -0.3 is 13.4 Å². The van der Waals surface area contributed by atoms with Gasteiger partial charge in [0.1, 0.15) is 0 Å². The van der Waals surface area contributed by atoms with Crippen molar-refractivity contribution in [2.45, 2.75) is 77.8 Å². The van der Waals surface area contributed by atoms with E-state index in [0.29, 0.717) is 5.19 Å².